The first kappa shape index (κ1) is 16.8. The molecule has 4 heteroatoms. The number of ether oxygens (including phenoxy) is 1. The highest BCUT2D eigenvalue weighted by atomic mass is 32.2. The predicted octanol–water partition coefficient (Wildman–Crippen LogP) is 3.98. The maximum Gasteiger partial charge on any atom is 0.318 e. The van der Waals surface area contributed by atoms with E-state index in [0.29, 0.717) is 13.0 Å². The Hall–Kier alpha value is -0.250. The summed E-state index contributed by atoms with van der Waals surface area (Å²) in [6, 6.07) is 0. The molecule has 0 radical (unpaired) electrons. The quantitative estimate of drug-likeness (QED) is 0.417. The SMILES string of the molecule is CCCCOC(=O)C(C)SCCCCCCF. The van der Waals surface area contributed by atoms with Gasteiger partial charge in [-0.3, -0.25) is 9.18 Å². The topological polar surface area (TPSA) is 26.3 Å². The van der Waals surface area contributed by atoms with E-state index in [2.05, 4.69) is 6.92 Å². The summed E-state index contributed by atoms with van der Waals surface area (Å²) in [4.78, 5) is 11.5. The number of rotatable bonds is 11. The Kier molecular flexibility index (Phi) is 12.0. The molecule has 1 atom stereocenters. The van der Waals surface area contributed by atoms with Gasteiger partial charge >= 0.3 is 5.97 Å². The van der Waals surface area contributed by atoms with Crippen LogP contribution in [-0.2, 0) is 9.53 Å². The zero-order chi connectivity index (χ0) is 12.9. The smallest absolute Gasteiger partial charge is 0.318 e. The van der Waals surface area contributed by atoms with Crippen LogP contribution in [0.3, 0.4) is 0 Å². The summed E-state index contributed by atoms with van der Waals surface area (Å²) in [7, 11) is 0. The molecule has 0 aromatic rings. The third-order valence-corrected chi connectivity index (χ3v) is 3.69. The Morgan fingerprint density at radius 1 is 1.24 bits per heavy atom. The van der Waals surface area contributed by atoms with E-state index >= 15 is 0 Å². The predicted molar refractivity (Wildman–Crippen MR) is 72.2 cm³/mol. The van der Waals surface area contributed by atoms with Crippen molar-refractivity contribution in [2.24, 2.45) is 0 Å². The molecule has 0 fully saturated rings. The van der Waals surface area contributed by atoms with Crippen molar-refractivity contribution in [3.63, 3.8) is 0 Å². The maximum absolute atomic E-state index is 11.8. The van der Waals surface area contributed by atoms with Gasteiger partial charge in [0.15, 0.2) is 0 Å². The number of hydrogen-bond donors (Lipinski definition) is 0. The summed E-state index contributed by atoms with van der Waals surface area (Å²) in [6.07, 6.45) is 5.70. The van der Waals surface area contributed by atoms with E-state index in [1.165, 1.54) is 0 Å². The minimum absolute atomic E-state index is 0.0759. The van der Waals surface area contributed by atoms with Crippen LogP contribution in [0.4, 0.5) is 4.39 Å². The van der Waals surface area contributed by atoms with Crippen molar-refractivity contribution in [2.45, 2.75) is 57.6 Å². The average molecular weight is 264 g/mol. The number of carbonyl (C=O) groups excluding carboxylic acids is 1. The van der Waals surface area contributed by atoms with Crippen molar-refractivity contribution in [3.05, 3.63) is 0 Å². The van der Waals surface area contributed by atoms with Gasteiger partial charge < -0.3 is 4.74 Å². The third kappa shape index (κ3) is 10.6. The summed E-state index contributed by atoms with van der Waals surface area (Å²) < 4.78 is 16.9. The number of esters is 1. The van der Waals surface area contributed by atoms with Gasteiger partial charge in [0.25, 0.3) is 0 Å². The molecular weight excluding hydrogens is 239 g/mol. The first-order valence-electron chi connectivity index (χ1n) is 6.56. The summed E-state index contributed by atoms with van der Waals surface area (Å²) in [5.74, 6) is 0.850. The summed E-state index contributed by atoms with van der Waals surface area (Å²) in [6.45, 7) is 4.29. The van der Waals surface area contributed by atoms with E-state index in [-0.39, 0.29) is 17.9 Å². The van der Waals surface area contributed by atoms with Gasteiger partial charge in [-0.15, -0.1) is 11.8 Å². The van der Waals surface area contributed by atoms with Crippen molar-refractivity contribution in [3.8, 4) is 0 Å². The van der Waals surface area contributed by atoms with Crippen molar-refractivity contribution < 1.29 is 13.9 Å². The van der Waals surface area contributed by atoms with Gasteiger partial charge in [-0.1, -0.05) is 26.2 Å². The van der Waals surface area contributed by atoms with Crippen LogP contribution < -0.4 is 0 Å². The first-order valence-corrected chi connectivity index (χ1v) is 7.61. The first-order chi connectivity index (χ1) is 8.22. The zero-order valence-electron chi connectivity index (χ0n) is 11.0. The van der Waals surface area contributed by atoms with E-state index < -0.39 is 0 Å². The summed E-state index contributed by atoms with van der Waals surface area (Å²) in [5, 5.41) is -0.0759. The number of unbranched alkanes of at least 4 members (excludes halogenated alkanes) is 4. The minimum Gasteiger partial charge on any atom is -0.465 e. The highest BCUT2D eigenvalue weighted by Crippen LogP contribution is 2.15. The van der Waals surface area contributed by atoms with Gasteiger partial charge in [0, 0.05) is 0 Å². The number of carbonyl (C=O) groups is 1. The van der Waals surface area contributed by atoms with Gasteiger partial charge in [-0.2, -0.15) is 0 Å². The van der Waals surface area contributed by atoms with Gasteiger partial charge in [-0.25, -0.2) is 0 Å². The lowest BCUT2D eigenvalue weighted by Gasteiger charge is -2.10. The standard InChI is InChI=1S/C13H25FO2S/c1-3-4-10-16-13(15)12(2)17-11-8-6-5-7-9-14/h12H,3-11H2,1-2H3. The fourth-order valence-electron chi connectivity index (χ4n) is 1.31. The lowest BCUT2D eigenvalue weighted by atomic mass is 10.2. The largest absolute Gasteiger partial charge is 0.465 e. The molecule has 0 bridgehead atoms. The molecular formula is C13H25FO2S. The molecule has 0 saturated carbocycles. The van der Waals surface area contributed by atoms with Crippen LogP contribution in [0.2, 0.25) is 0 Å². The fourth-order valence-corrected chi connectivity index (χ4v) is 2.24. The molecule has 17 heavy (non-hydrogen) atoms. The van der Waals surface area contributed by atoms with E-state index in [9.17, 15) is 9.18 Å². The molecule has 102 valence electrons. The molecule has 0 aliphatic rings. The van der Waals surface area contributed by atoms with Crippen molar-refractivity contribution >= 4 is 17.7 Å². The molecule has 0 amide bonds. The van der Waals surface area contributed by atoms with E-state index in [4.69, 9.17) is 4.74 Å². The summed E-state index contributed by atoms with van der Waals surface area (Å²) in [5.41, 5.74) is 0. The summed E-state index contributed by atoms with van der Waals surface area (Å²) >= 11 is 1.63. The molecule has 0 aliphatic heterocycles. The van der Waals surface area contributed by atoms with Crippen LogP contribution in [0.1, 0.15) is 52.4 Å². The molecule has 0 rings (SSSR count). The monoisotopic (exact) mass is 264 g/mol. The second-order valence-corrected chi connectivity index (χ2v) is 5.59. The molecule has 0 N–H and O–H groups in total. The Morgan fingerprint density at radius 2 is 1.94 bits per heavy atom. The molecule has 1 unspecified atom stereocenters. The van der Waals surface area contributed by atoms with Crippen LogP contribution in [0.5, 0.6) is 0 Å². The van der Waals surface area contributed by atoms with Crippen molar-refractivity contribution in [2.75, 3.05) is 19.0 Å². The highest BCUT2D eigenvalue weighted by Gasteiger charge is 2.13. The Balaban J connectivity index is 3.37. The van der Waals surface area contributed by atoms with Crippen LogP contribution >= 0.6 is 11.8 Å². The van der Waals surface area contributed by atoms with Crippen LogP contribution in [0.15, 0.2) is 0 Å². The van der Waals surface area contributed by atoms with Gasteiger partial charge in [-0.05, 0) is 31.9 Å². The highest BCUT2D eigenvalue weighted by molar-refractivity contribution is 8.00. The Bertz CT molecular complexity index is 188. The third-order valence-electron chi connectivity index (χ3n) is 2.47. The molecule has 0 aliphatic carbocycles. The molecule has 0 saturated heterocycles. The van der Waals surface area contributed by atoms with Crippen LogP contribution in [0, 0.1) is 0 Å². The molecule has 2 nitrogen and oxygen atoms in total. The van der Waals surface area contributed by atoms with Crippen molar-refractivity contribution in [1.82, 2.24) is 0 Å². The second kappa shape index (κ2) is 12.2. The van der Waals surface area contributed by atoms with Crippen LogP contribution in [-0.4, -0.2) is 30.3 Å². The number of halogens is 1. The average Bonchev–Trinajstić information content (AvgIpc) is 2.33. The molecule has 0 aromatic carbocycles. The lowest BCUT2D eigenvalue weighted by Crippen LogP contribution is -2.18. The number of alkyl halides is 1. The van der Waals surface area contributed by atoms with Gasteiger partial charge in [0.1, 0.15) is 0 Å². The van der Waals surface area contributed by atoms with E-state index in [1.54, 1.807) is 11.8 Å². The Labute approximate surface area is 109 Å². The van der Waals surface area contributed by atoms with Gasteiger partial charge in [0.05, 0.1) is 18.5 Å². The normalized spacial score (nSPS) is 12.4. The zero-order valence-corrected chi connectivity index (χ0v) is 11.9. The van der Waals surface area contributed by atoms with Gasteiger partial charge in [0.2, 0.25) is 0 Å². The minimum atomic E-state index is -0.215. The Morgan fingerprint density at radius 3 is 2.59 bits per heavy atom. The molecule has 0 spiro atoms. The van der Waals surface area contributed by atoms with E-state index in [0.717, 1.165) is 37.9 Å². The second-order valence-electron chi connectivity index (χ2n) is 4.14. The fraction of sp³-hybridized carbons (Fsp3) is 0.923. The van der Waals surface area contributed by atoms with E-state index in [1.807, 2.05) is 6.92 Å². The maximum atomic E-state index is 11.8. The van der Waals surface area contributed by atoms with Crippen LogP contribution in [0.25, 0.3) is 0 Å². The number of thioether (sulfide) groups is 1. The number of hydrogen-bond acceptors (Lipinski definition) is 3. The van der Waals surface area contributed by atoms with Crippen molar-refractivity contribution in [1.29, 1.82) is 0 Å². The molecule has 0 aromatic heterocycles. The molecule has 0 heterocycles. The lowest BCUT2D eigenvalue weighted by molar-refractivity contribution is -0.142.